The van der Waals surface area contributed by atoms with E-state index in [2.05, 4.69) is 26.6 Å². The van der Waals surface area contributed by atoms with Gasteiger partial charge in [0.05, 0.1) is 21.7 Å². The van der Waals surface area contributed by atoms with E-state index in [1.54, 1.807) is 6.92 Å². The summed E-state index contributed by atoms with van der Waals surface area (Å²) in [6.45, 7) is 1.59. The molecule has 8 N–H and O–H groups in total. The summed E-state index contributed by atoms with van der Waals surface area (Å²) in [6, 6.07) is 22.8. The summed E-state index contributed by atoms with van der Waals surface area (Å²) in [6.07, 6.45) is -2.41. The maximum absolute atomic E-state index is 13.5. The minimum atomic E-state index is -1.64. The molecule has 5 aromatic rings. The molecule has 1 aliphatic heterocycles. The Hall–Kier alpha value is -8.65. The van der Waals surface area contributed by atoms with Gasteiger partial charge in [-0.05, 0) is 97.1 Å². The van der Waals surface area contributed by atoms with E-state index in [0.29, 0.717) is 5.69 Å². The first-order valence-corrected chi connectivity index (χ1v) is 18.3. The number of carboxylic acids is 1. The van der Waals surface area contributed by atoms with Crippen molar-refractivity contribution in [3.8, 4) is 11.5 Å². The number of fused-ring (bicyclic) bond motifs is 1. The molecule has 6 rings (SSSR count). The van der Waals surface area contributed by atoms with Gasteiger partial charge in [-0.2, -0.15) is 0 Å². The van der Waals surface area contributed by atoms with Crippen LogP contribution in [0.1, 0.15) is 58.7 Å². The Morgan fingerprint density at radius 2 is 1.11 bits per heavy atom. The summed E-state index contributed by atoms with van der Waals surface area (Å²) in [5.74, 6) is -5.43. The second-order valence-electron chi connectivity index (χ2n) is 13.3. The molecule has 0 aliphatic carbocycles. The number of methoxy groups -OCH3 is 1. The van der Waals surface area contributed by atoms with Crippen LogP contribution in [-0.4, -0.2) is 77.0 Å². The fourth-order valence-electron chi connectivity index (χ4n) is 6.01. The van der Waals surface area contributed by atoms with Gasteiger partial charge < -0.3 is 51.6 Å². The van der Waals surface area contributed by atoms with Crippen LogP contribution in [0.15, 0.2) is 109 Å². The van der Waals surface area contributed by atoms with Gasteiger partial charge >= 0.3 is 5.97 Å². The average molecular weight is 846 g/mol. The summed E-state index contributed by atoms with van der Waals surface area (Å²) in [5, 5.41) is 33.0. The second-order valence-corrected chi connectivity index (χ2v) is 13.3. The zero-order valence-corrected chi connectivity index (χ0v) is 32.5. The summed E-state index contributed by atoms with van der Waals surface area (Å²) < 4.78 is 16.6. The lowest BCUT2D eigenvalue weighted by molar-refractivity contribution is -0.384. The number of ether oxygens (including phenoxy) is 3. The van der Waals surface area contributed by atoms with Crippen LogP contribution in [0.2, 0.25) is 0 Å². The van der Waals surface area contributed by atoms with Crippen LogP contribution >= 0.6 is 0 Å². The SMILES string of the molecule is COC(C(N)=O)C(NC(=O)c1ccc(NC(=O)c2ccc([N+](=O)[O-])cc2)cc1)C(=O)Nc1ccc(C(=O)Nc2ccc(C(=O)Nc3ccc(C(=O)O)cc3)c3c2OC(C)O3)cc1. The Kier molecular flexibility index (Phi) is 12.8. The summed E-state index contributed by atoms with van der Waals surface area (Å²) >= 11 is 0. The van der Waals surface area contributed by atoms with Crippen LogP contribution in [0.4, 0.5) is 28.4 Å². The third-order valence-corrected chi connectivity index (χ3v) is 9.13. The number of anilines is 4. The molecular formula is C42H35N7O13. The topological polar surface area (TPSA) is 297 Å². The molecule has 20 heteroatoms. The normalized spacial score (nSPS) is 13.4. The van der Waals surface area contributed by atoms with Crippen LogP contribution in [0.5, 0.6) is 11.5 Å². The van der Waals surface area contributed by atoms with Gasteiger partial charge in [0.1, 0.15) is 6.04 Å². The Labute approximate surface area is 350 Å². The molecule has 0 saturated carbocycles. The molecule has 20 nitrogen and oxygen atoms in total. The number of carbonyl (C=O) groups excluding carboxylic acids is 6. The minimum absolute atomic E-state index is 0.0330. The molecule has 0 aromatic heterocycles. The standard InChI is InChI=1S/C42H35N7O13/c1-21-61-33-30(40(54)45-27-15-7-25(8-16-27)42(56)57)19-20-31(34(33)62-21)47-38(52)22-3-13-28(14-4-22)46-41(55)32(35(60-2)36(43)50)48-39(53)23-5-11-26(12-6-23)44-37(51)24-9-17-29(18-10-24)49(58)59/h3-21,32,35H,1-2H3,(H2,43,50)(H,44,51)(H,45,54)(H,46,55)(H,47,52)(H,48,53)(H,56,57). The van der Waals surface area contributed by atoms with E-state index in [-0.39, 0.29) is 62.1 Å². The van der Waals surface area contributed by atoms with Crippen molar-refractivity contribution < 1.29 is 57.8 Å². The van der Waals surface area contributed by atoms with Gasteiger partial charge in [0.2, 0.25) is 18.1 Å². The molecule has 0 bridgehead atoms. The number of nitro benzene ring substituents is 1. The summed E-state index contributed by atoms with van der Waals surface area (Å²) in [4.78, 5) is 99.6. The Morgan fingerprint density at radius 1 is 0.645 bits per heavy atom. The lowest BCUT2D eigenvalue weighted by Gasteiger charge is -2.24. The number of nitrogens with one attached hydrogen (secondary N) is 5. The zero-order valence-electron chi connectivity index (χ0n) is 32.5. The zero-order chi connectivity index (χ0) is 44.7. The molecule has 1 heterocycles. The molecule has 0 spiro atoms. The third kappa shape index (κ3) is 9.96. The molecule has 5 aromatic carbocycles. The quantitative estimate of drug-likeness (QED) is 0.0569. The molecule has 3 unspecified atom stereocenters. The number of hydrogen-bond acceptors (Lipinski definition) is 12. The van der Waals surface area contributed by atoms with Crippen LogP contribution in [0.25, 0.3) is 0 Å². The van der Waals surface area contributed by atoms with E-state index in [0.717, 1.165) is 7.11 Å². The minimum Gasteiger partial charge on any atom is -0.478 e. The van der Waals surface area contributed by atoms with E-state index < -0.39 is 64.8 Å². The number of hydrogen-bond donors (Lipinski definition) is 7. The predicted molar refractivity (Wildman–Crippen MR) is 220 cm³/mol. The third-order valence-electron chi connectivity index (χ3n) is 9.13. The second kappa shape index (κ2) is 18.5. The molecule has 1 aliphatic rings. The Balaban J connectivity index is 1.09. The molecule has 0 fully saturated rings. The number of amides is 6. The lowest BCUT2D eigenvalue weighted by atomic mass is 10.1. The van der Waals surface area contributed by atoms with Gasteiger partial charge in [0, 0.05) is 59.9 Å². The van der Waals surface area contributed by atoms with Gasteiger partial charge in [-0.1, -0.05) is 0 Å². The highest BCUT2D eigenvalue weighted by atomic mass is 16.7. The number of aromatic carboxylic acids is 1. The van der Waals surface area contributed by atoms with E-state index in [1.165, 1.54) is 109 Å². The van der Waals surface area contributed by atoms with Crippen molar-refractivity contribution in [2.75, 3.05) is 28.4 Å². The number of rotatable bonds is 15. The van der Waals surface area contributed by atoms with E-state index >= 15 is 0 Å². The number of benzene rings is 5. The molecule has 0 saturated heterocycles. The number of primary amides is 1. The fourth-order valence-corrected chi connectivity index (χ4v) is 6.01. The van der Waals surface area contributed by atoms with Crippen molar-refractivity contribution >= 4 is 69.8 Å². The molecule has 0 radical (unpaired) electrons. The molecular weight excluding hydrogens is 810 g/mol. The van der Waals surface area contributed by atoms with Crippen molar-refractivity contribution in [3.63, 3.8) is 0 Å². The smallest absolute Gasteiger partial charge is 0.335 e. The highest BCUT2D eigenvalue weighted by Gasteiger charge is 2.35. The van der Waals surface area contributed by atoms with Gasteiger partial charge in [-0.25, -0.2) is 4.79 Å². The monoisotopic (exact) mass is 845 g/mol. The van der Waals surface area contributed by atoms with Crippen LogP contribution < -0.4 is 41.8 Å². The maximum Gasteiger partial charge on any atom is 0.335 e. The van der Waals surface area contributed by atoms with Crippen molar-refractivity contribution in [1.29, 1.82) is 0 Å². The molecule has 3 atom stereocenters. The first-order chi connectivity index (χ1) is 29.6. The largest absolute Gasteiger partial charge is 0.478 e. The van der Waals surface area contributed by atoms with Gasteiger partial charge in [0.15, 0.2) is 17.6 Å². The average Bonchev–Trinajstić information content (AvgIpc) is 3.65. The van der Waals surface area contributed by atoms with Crippen LogP contribution in [-0.2, 0) is 14.3 Å². The molecule has 6 amide bonds. The first kappa shape index (κ1) is 42.9. The summed E-state index contributed by atoms with van der Waals surface area (Å²) in [5.41, 5.74) is 6.74. The number of nitrogens with zero attached hydrogens (tertiary/aromatic N) is 1. The number of carboxylic acid groups (broad SMARTS) is 1. The summed E-state index contributed by atoms with van der Waals surface area (Å²) in [7, 11) is 1.12. The van der Waals surface area contributed by atoms with Crippen LogP contribution in [0.3, 0.4) is 0 Å². The van der Waals surface area contributed by atoms with Gasteiger partial charge in [-0.3, -0.25) is 38.9 Å². The van der Waals surface area contributed by atoms with Crippen molar-refractivity contribution in [2.45, 2.75) is 25.4 Å². The molecule has 316 valence electrons. The number of non-ortho nitro benzene ring substituents is 1. The number of carbonyl (C=O) groups is 7. The first-order valence-electron chi connectivity index (χ1n) is 18.3. The van der Waals surface area contributed by atoms with Crippen molar-refractivity contribution in [2.24, 2.45) is 5.73 Å². The highest BCUT2D eigenvalue weighted by Crippen LogP contribution is 2.44. The van der Waals surface area contributed by atoms with Crippen molar-refractivity contribution in [1.82, 2.24) is 5.32 Å². The predicted octanol–water partition coefficient (Wildman–Crippen LogP) is 4.40. The maximum atomic E-state index is 13.5. The Bertz CT molecular complexity index is 2580. The van der Waals surface area contributed by atoms with E-state index in [1.807, 2.05) is 0 Å². The van der Waals surface area contributed by atoms with Crippen molar-refractivity contribution in [3.05, 3.63) is 147 Å². The molecule has 62 heavy (non-hydrogen) atoms. The lowest BCUT2D eigenvalue weighted by Crippen LogP contribution is -2.56. The Morgan fingerprint density at radius 3 is 1.63 bits per heavy atom. The van der Waals surface area contributed by atoms with E-state index in [9.17, 15) is 43.7 Å². The van der Waals surface area contributed by atoms with Crippen LogP contribution in [0, 0.1) is 10.1 Å². The fraction of sp³-hybridized carbons (Fsp3) is 0.119. The van der Waals surface area contributed by atoms with E-state index in [4.69, 9.17) is 25.1 Å². The number of nitro groups is 1. The highest BCUT2D eigenvalue weighted by molar-refractivity contribution is 6.10. The van der Waals surface area contributed by atoms with Gasteiger partial charge in [0.25, 0.3) is 29.3 Å². The number of nitrogens with two attached hydrogens (primary N) is 1. The van der Waals surface area contributed by atoms with Gasteiger partial charge in [-0.15, -0.1) is 0 Å².